The number of anilines is 3. The monoisotopic (exact) mass is 552 g/mol. The van der Waals surface area contributed by atoms with Gasteiger partial charge in [-0.15, -0.1) is 11.3 Å². The van der Waals surface area contributed by atoms with Gasteiger partial charge >= 0.3 is 0 Å². The maximum atomic E-state index is 6.37. The van der Waals surface area contributed by atoms with Gasteiger partial charge < -0.3 is 9.32 Å². The molecule has 0 unspecified atom stereocenters. The second kappa shape index (κ2) is 9.23. The number of halogens is 1. The molecular formula is C35H21ClN2OS. The van der Waals surface area contributed by atoms with E-state index in [0.717, 1.165) is 38.7 Å². The summed E-state index contributed by atoms with van der Waals surface area (Å²) in [5, 5.41) is 5.69. The molecule has 0 N–H and O–H groups in total. The van der Waals surface area contributed by atoms with E-state index >= 15 is 0 Å². The minimum atomic E-state index is 0.620. The first-order chi connectivity index (χ1) is 19.7. The van der Waals surface area contributed by atoms with Crippen molar-refractivity contribution in [3.63, 3.8) is 0 Å². The van der Waals surface area contributed by atoms with Crippen LogP contribution in [0.15, 0.2) is 132 Å². The van der Waals surface area contributed by atoms with E-state index in [1.807, 2.05) is 30.3 Å². The normalized spacial score (nSPS) is 11.6. The van der Waals surface area contributed by atoms with Crippen LogP contribution in [0.5, 0.6) is 0 Å². The maximum Gasteiger partial charge on any atom is 0.227 e. The Hall–Kier alpha value is -4.64. The molecule has 0 aliphatic carbocycles. The van der Waals surface area contributed by atoms with Crippen LogP contribution in [0.2, 0.25) is 5.02 Å². The highest BCUT2D eigenvalue weighted by molar-refractivity contribution is 7.26. The van der Waals surface area contributed by atoms with Gasteiger partial charge in [0.2, 0.25) is 5.89 Å². The largest absolute Gasteiger partial charge is 0.436 e. The van der Waals surface area contributed by atoms with Gasteiger partial charge in [-0.1, -0.05) is 72.3 Å². The topological polar surface area (TPSA) is 29.3 Å². The molecule has 40 heavy (non-hydrogen) atoms. The molecule has 2 aromatic heterocycles. The number of rotatable bonds is 4. The molecule has 0 atom stereocenters. The molecule has 3 nitrogen and oxygen atoms in total. The third-order valence-electron chi connectivity index (χ3n) is 7.34. The van der Waals surface area contributed by atoms with Crippen LogP contribution in [0.25, 0.3) is 53.5 Å². The first kappa shape index (κ1) is 23.3. The molecular weight excluding hydrogens is 532 g/mol. The number of nitrogens with zero attached hydrogens (tertiary/aromatic N) is 2. The molecule has 0 amide bonds. The molecule has 0 saturated heterocycles. The van der Waals surface area contributed by atoms with Crippen molar-refractivity contribution in [2.75, 3.05) is 4.90 Å². The van der Waals surface area contributed by atoms with Gasteiger partial charge in [0.1, 0.15) is 5.52 Å². The lowest BCUT2D eigenvalue weighted by molar-refractivity contribution is 0.620. The summed E-state index contributed by atoms with van der Waals surface area (Å²) in [6, 6.07) is 44.0. The van der Waals surface area contributed by atoms with Crippen LogP contribution in [0, 0.1) is 0 Å². The van der Waals surface area contributed by atoms with Crippen molar-refractivity contribution in [2.24, 2.45) is 0 Å². The number of thiophene rings is 1. The standard InChI is InChI=1S/C35H21ClN2OS/c36-23-16-19-28-32(20-23)40-33-21-30(26-10-4-5-11-27(26)34(28)33)38(24-8-2-1-3-9-24)25-17-14-22(15-18-25)35-37-29-12-6-7-13-31(29)39-35/h1-21H. The summed E-state index contributed by atoms with van der Waals surface area (Å²) in [4.78, 5) is 7.02. The van der Waals surface area contributed by atoms with E-state index in [-0.39, 0.29) is 0 Å². The first-order valence-corrected chi connectivity index (χ1v) is 14.3. The predicted molar refractivity (Wildman–Crippen MR) is 170 cm³/mol. The van der Waals surface area contributed by atoms with Crippen molar-refractivity contribution in [1.29, 1.82) is 0 Å². The number of oxazole rings is 1. The predicted octanol–water partition coefficient (Wildman–Crippen LogP) is 11.1. The number of hydrogen-bond acceptors (Lipinski definition) is 4. The van der Waals surface area contributed by atoms with Crippen LogP contribution >= 0.6 is 22.9 Å². The van der Waals surface area contributed by atoms with Gasteiger partial charge in [0.25, 0.3) is 0 Å². The molecule has 0 fully saturated rings. The Balaban J connectivity index is 1.34. The summed E-state index contributed by atoms with van der Waals surface area (Å²) in [5.74, 6) is 0.620. The van der Waals surface area contributed by atoms with Crippen LogP contribution < -0.4 is 4.90 Å². The van der Waals surface area contributed by atoms with Crippen LogP contribution in [0.4, 0.5) is 17.1 Å². The van der Waals surface area contributed by atoms with Gasteiger partial charge in [-0.2, -0.15) is 0 Å². The second-order valence-electron chi connectivity index (χ2n) is 9.76. The summed E-state index contributed by atoms with van der Waals surface area (Å²) in [7, 11) is 0. The fraction of sp³-hybridized carbons (Fsp3) is 0. The van der Waals surface area contributed by atoms with Crippen molar-refractivity contribution >= 4 is 82.0 Å². The summed E-state index contributed by atoms with van der Waals surface area (Å²) in [6.45, 7) is 0. The molecule has 8 aromatic rings. The number of aromatic nitrogens is 1. The Morgan fingerprint density at radius 2 is 1.35 bits per heavy atom. The Labute approximate surface area is 239 Å². The van der Waals surface area contributed by atoms with E-state index in [1.54, 1.807) is 11.3 Å². The molecule has 2 heterocycles. The first-order valence-electron chi connectivity index (χ1n) is 13.1. The summed E-state index contributed by atoms with van der Waals surface area (Å²) >= 11 is 8.16. The van der Waals surface area contributed by atoms with E-state index in [4.69, 9.17) is 16.0 Å². The van der Waals surface area contributed by atoms with E-state index in [2.05, 4.69) is 107 Å². The van der Waals surface area contributed by atoms with Crippen LogP contribution in [-0.4, -0.2) is 4.98 Å². The lowest BCUT2D eigenvalue weighted by Crippen LogP contribution is -2.10. The second-order valence-corrected chi connectivity index (χ2v) is 11.3. The Morgan fingerprint density at radius 3 is 2.17 bits per heavy atom. The smallest absolute Gasteiger partial charge is 0.227 e. The van der Waals surface area contributed by atoms with Crippen LogP contribution in [0.1, 0.15) is 0 Å². The highest BCUT2D eigenvalue weighted by Gasteiger charge is 2.20. The summed E-state index contributed by atoms with van der Waals surface area (Å²) < 4.78 is 8.46. The van der Waals surface area contributed by atoms with E-state index in [0.29, 0.717) is 5.89 Å². The average molecular weight is 553 g/mol. The molecule has 8 rings (SSSR count). The summed E-state index contributed by atoms with van der Waals surface area (Å²) in [6.07, 6.45) is 0. The van der Waals surface area contributed by atoms with Crippen LogP contribution in [-0.2, 0) is 0 Å². The third kappa shape index (κ3) is 3.76. The van der Waals surface area contributed by atoms with E-state index < -0.39 is 0 Å². The van der Waals surface area contributed by atoms with Gasteiger partial charge in [0.05, 0.1) is 5.69 Å². The molecule has 0 saturated carbocycles. The lowest BCUT2D eigenvalue weighted by atomic mass is 10.0. The molecule has 5 heteroatoms. The van der Waals surface area contributed by atoms with Gasteiger partial charge in [-0.3, -0.25) is 0 Å². The highest BCUT2D eigenvalue weighted by Crippen LogP contribution is 2.46. The molecule has 0 bridgehead atoms. The number of benzene rings is 6. The fourth-order valence-corrected chi connectivity index (χ4v) is 6.97. The third-order valence-corrected chi connectivity index (χ3v) is 8.68. The minimum absolute atomic E-state index is 0.620. The Bertz CT molecular complexity index is 2150. The molecule has 0 aliphatic heterocycles. The lowest BCUT2D eigenvalue weighted by Gasteiger charge is -2.27. The van der Waals surface area contributed by atoms with Crippen molar-refractivity contribution in [1.82, 2.24) is 4.98 Å². The number of para-hydroxylation sites is 3. The van der Waals surface area contributed by atoms with Crippen molar-refractivity contribution in [3.8, 4) is 11.5 Å². The number of hydrogen-bond donors (Lipinski definition) is 0. The summed E-state index contributed by atoms with van der Waals surface area (Å²) in [5.41, 5.74) is 5.86. The molecule has 0 aliphatic rings. The zero-order valence-corrected chi connectivity index (χ0v) is 22.8. The number of fused-ring (bicyclic) bond motifs is 6. The molecule has 0 spiro atoms. The Kier molecular flexibility index (Phi) is 5.37. The quantitative estimate of drug-likeness (QED) is 0.217. The van der Waals surface area contributed by atoms with E-state index in [9.17, 15) is 0 Å². The SMILES string of the molecule is Clc1ccc2c(c1)sc1cc(N(c3ccccc3)c3ccc(-c4nc5ccccc5o4)cc3)c3ccccc3c12. The van der Waals surface area contributed by atoms with E-state index in [1.165, 1.54) is 30.9 Å². The Morgan fingerprint density at radius 1 is 0.625 bits per heavy atom. The highest BCUT2D eigenvalue weighted by atomic mass is 35.5. The zero-order valence-electron chi connectivity index (χ0n) is 21.2. The van der Waals surface area contributed by atoms with Gasteiger partial charge in [0, 0.05) is 47.5 Å². The minimum Gasteiger partial charge on any atom is -0.436 e. The van der Waals surface area contributed by atoms with Crippen molar-refractivity contribution in [2.45, 2.75) is 0 Å². The van der Waals surface area contributed by atoms with Gasteiger partial charge in [0.15, 0.2) is 5.58 Å². The zero-order chi connectivity index (χ0) is 26.6. The average Bonchev–Trinajstić information content (AvgIpc) is 3.59. The maximum absolute atomic E-state index is 6.37. The fourth-order valence-electron chi connectivity index (χ4n) is 5.53. The van der Waals surface area contributed by atoms with Crippen LogP contribution in [0.3, 0.4) is 0 Å². The molecule has 0 radical (unpaired) electrons. The van der Waals surface area contributed by atoms with Crippen molar-refractivity contribution in [3.05, 3.63) is 132 Å². The molecule has 190 valence electrons. The van der Waals surface area contributed by atoms with Gasteiger partial charge in [-0.05, 0) is 72.1 Å². The molecule has 6 aromatic carbocycles. The van der Waals surface area contributed by atoms with Crippen molar-refractivity contribution < 1.29 is 4.42 Å². The van der Waals surface area contributed by atoms with Gasteiger partial charge in [-0.25, -0.2) is 4.98 Å².